The standard InChI is InChI=1S/C8H12F5NO/c1-6(2-3-15)4-14-5-7(9,10)8(11,12)13/h4,14-15H,2-3,5H2,1H3/b6-4+. The Hall–Kier alpha value is -0.850. The molecule has 0 aromatic rings. The first-order valence-electron chi connectivity index (χ1n) is 4.15. The molecule has 0 rings (SSSR count). The van der Waals surface area contributed by atoms with Crippen LogP contribution in [-0.4, -0.2) is 30.4 Å². The molecule has 0 atom stereocenters. The SMILES string of the molecule is C/C(=C\NCC(F)(F)C(F)(F)F)CCO. The Morgan fingerprint density at radius 2 is 1.80 bits per heavy atom. The van der Waals surface area contributed by atoms with E-state index in [-0.39, 0.29) is 13.0 Å². The lowest BCUT2D eigenvalue weighted by molar-refractivity contribution is -0.278. The number of hydrogen-bond donors (Lipinski definition) is 2. The Morgan fingerprint density at radius 3 is 2.20 bits per heavy atom. The second-order valence-electron chi connectivity index (χ2n) is 3.05. The molecule has 0 unspecified atom stereocenters. The van der Waals surface area contributed by atoms with Crippen LogP contribution in [0, 0.1) is 0 Å². The smallest absolute Gasteiger partial charge is 0.396 e. The van der Waals surface area contributed by atoms with Gasteiger partial charge < -0.3 is 10.4 Å². The minimum Gasteiger partial charge on any atom is -0.396 e. The highest BCUT2D eigenvalue weighted by Gasteiger charge is 2.56. The van der Waals surface area contributed by atoms with Crippen LogP contribution in [0.15, 0.2) is 11.8 Å². The molecule has 0 saturated carbocycles. The van der Waals surface area contributed by atoms with Crippen LogP contribution in [0.3, 0.4) is 0 Å². The van der Waals surface area contributed by atoms with Crippen molar-refractivity contribution in [3.05, 3.63) is 11.8 Å². The van der Waals surface area contributed by atoms with Crippen molar-refractivity contribution in [2.24, 2.45) is 0 Å². The summed E-state index contributed by atoms with van der Waals surface area (Å²) in [5.41, 5.74) is 0.496. The molecule has 2 N–H and O–H groups in total. The van der Waals surface area contributed by atoms with Gasteiger partial charge in [0.15, 0.2) is 0 Å². The first-order chi connectivity index (χ1) is 6.70. The molecule has 15 heavy (non-hydrogen) atoms. The van der Waals surface area contributed by atoms with Crippen molar-refractivity contribution in [2.75, 3.05) is 13.2 Å². The van der Waals surface area contributed by atoms with Gasteiger partial charge in [0.05, 0.1) is 6.54 Å². The van der Waals surface area contributed by atoms with Gasteiger partial charge in [0.2, 0.25) is 0 Å². The van der Waals surface area contributed by atoms with Gasteiger partial charge in [-0.15, -0.1) is 0 Å². The quantitative estimate of drug-likeness (QED) is 0.712. The third-order valence-electron chi connectivity index (χ3n) is 1.59. The first-order valence-corrected chi connectivity index (χ1v) is 4.15. The van der Waals surface area contributed by atoms with Crippen molar-refractivity contribution in [2.45, 2.75) is 25.4 Å². The number of nitrogens with one attached hydrogen (secondary N) is 1. The summed E-state index contributed by atoms with van der Waals surface area (Å²) >= 11 is 0. The van der Waals surface area contributed by atoms with E-state index in [0.717, 1.165) is 6.20 Å². The maximum atomic E-state index is 12.3. The summed E-state index contributed by atoms with van der Waals surface area (Å²) in [5, 5.41) is 10.3. The van der Waals surface area contributed by atoms with Gasteiger partial charge in [-0.25, -0.2) is 0 Å². The van der Waals surface area contributed by atoms with Gasteiger partial charge in [-0.1, -0.05) is 5.57 Å². The van der Waals surface area contributed by atoms with Crippen molar-refractivity contribution in [3.8, 4) is 0 Å². The van der Waals surface area contributed by atoms with Gasteiger partial charge in [-0.2, -0.15) is 22.0 Å². The van der Waals surface area contributed by atoms with Gasteiger partial charge in [-0.3, -0.25) is 0 Å². The van der Waals surface area contributed by atoms with E-state index in [9.17, 15) is 22.0 Å². The molecule has 0 aliphatic heterocycles. The summed E-state index contributed by atoms with van der Waals surface area (Å²) in [4.78, 5) is 0. The molecule has 0 heterocycles. The molecule has 0 fully saturated rings. The fourth-order valence-electron chi connectivity index (χ4n) is 0.702. The van der Waals surface area contributed by atoms with Crippen LogP contribution in [-0.2, 0) is 0 Å². The van der Waals surface area contributed by atoms with Gasteiger partial charge in [0.25, 0.3) is 0 Å². The number of alkyl halides is 5. The second-order valence-corrected chi connectivity index (χ2v) is 3.05. The molecule has 0 saturated heterocycles. The minimum atomic E-state index is -5.54. The van der Waals surface area contributed by atoms with Crippen LogP contribution in [0.1, 0.15) is 13.3 Å². The molecule has 0 spiro atoms. The Morgan fingerprint density at radius 1 is 1.27 bits per heavy atom. The molecule has 0 aliphatic carbocycles. The Balaban J connectivity index is 4.11. The number of aliphatic hydroxyl groups excluding tert-OH is 1. The monoisotopic (exact) mass is 233 g/mol. The van der Waals surface area contributed by atoms with E-state index in [1.165, 1.54) is 6.92 Å². The highest BCUT2D eigenvalue weighted by molar-refractivity contribution is 4.97. The topological polar surface area (TPSA) is 32.3 Å². The van der Waals surface area contributed by atoms with E-state index in [4.69, 9.17) is 5.11 Å². The third kappa shape index (κ3) is 4.96. The van der Waals surface area contributed by atoms with Crippen molar-refractivity contribution in [1.29, 1.82) is 0 Å². The lowest BCUT2D eigenvalue weighted by Crippen LogP contribution is -2.44. The molecule has 0 aliphatic rings. The van der Waals surface area contributed by atoms with Crippen LogP contribution < -0.4 is 5.32 Å². The lowest BCUT2D eigenvalue weighted by atomic mass is 10.2. The van der Waals surface area contributed by atoms with Gasteiger partial charge in [0.1, 0.15) is 0 Å². The summed E-state index contributed by atoms with van der Waals surface area (Å²) in [5.74, 6) is -4.75. The number of hydrogen-bond acceptors (Lipinski definition) is 2. The molecule has 90 valence electrons. The highest BCUT2D eigenvalue weighted by Crippen LogP contribution is 2.34. The number of rotatable bonds is 5. The zero-order chi connectivity index (χ0) is 12.1. The highest BCUT2D eigenvalue weighted by atomic mass is 19.4. The maximum absolute atomic E-state index is 12.3. The first kappa shape index (κ1) is 14.2. The Kier molecular flexibility index (Phi) is 4.99. The molecule has 7 heteroatoms. The zero-order valence-electron chi connectivity index (χ0n) is 8.04. The van der Waals surface area contributed by atoms with Crippen LogP contribution in [0.2, 0.25) is 0 Å². The second kappa shape index (κ2) is 5.29. The van der Waals surface area contributed by atoms with Crippen molar-refractivity contribution in [3.63, 3.8) is 0 Å². The average molecular weight is 233 g/mol. The lowest BCUT2D eigenvalue weighted by Gasteiger charge is -2.19. The molecule has 0 radical (unpaired) electrons. The Labute approximate surface area is 83.8 Å². The summed E-state index contributed by atoms with van der Waals surface area (Å²) < 4.78 is 59.6. The predicted molar refractivity (Wildman–Crippen MR) is 44.5 cm³/mol. The van der Waals surface area contributed by atoms with Gasteiger partial charge >= 0.3 is 12.1 Å². The van der Waals surface area contributed by atoms with E-state index in [1.807, 2.05) is 5.32 Å². The molecular formula is C8H12F5NO. The van der Waals surface area contributed by atoms with Crippen molar-refractivity contribution >= 4 is 0 Å². The number of halogens is 5. The van der Waals surface area contributed by atoms with E-state index in [2.05, 4.69) is 0 Å². The van der Waals surface area contributed by atoms with E-state index >= 15 is 0 Å². The molecule has 0 aromatic carbocycles. The summed E-state index contributed by atoms with van der Waals surface area (Å²) in [6, 6.07) is 0. The fraction of sp³-hybridized carbons (Fsp3) is 0.750. The molecule has 2 nitrogen and oxygen atoms in total. The van der Waals surface area contributed by atoms with Crippen LogP contribution in [0.5, 0.6) is 0 Å². The third-order valence-corrected chi connectivity index (χ3v) is 1.59. The number of aliphatic hydroxyl groups is 1. The normalized spacial score (nSPS) is 14.2. The van der Waals surface area contributed by atoms with E-state index < -0.39 is 18.6 Å². The largest absolute Gasteiger partial charge is 0.455 e. The van der Waals surface area contributed by atoms with Gasteiger partial charge in [-0.05, 0) is 19.5 Å². The van der Waals surface area contributed by atoms with Crippen molar-refractivity contribution < 1.29 is 27.1 Å². The fourth-order valence-corrected chi connectivity index (χ4v) is 0.702. The summed E-state index contributed by atoms with van der Waals surface area (Å²) in [6.45, 7) is -0.173. The van der Waals surface area contributed by atoms with Crippen LogP contribution in [0.4, 0.5) is 22.0 Å². The zero-order valence-corrected chi connectivity index (χ0v) is 8.04. The maximum Gasteiger partial charge on any atom is 0.455 e. The Bertz CT molecular complexity index is 224. The minimum absolute atomic E-state index is 0.181. The average Bonchev–Trinajstić information content (AvgIpc) is 2.01. The van der Waals surface area contributed by atoms with Gasteiger partial charge in [0, 0.05) is 6.61 Å². The molecular weight excluding hydrogens is 221 g/mol. The van der Waals surface area contributed by atoms with Crippen LogP contribution in [0.25, 0.3) is 0 Å². The summed E-state index contributed by atoms with van der Waals surface area (Å²) in [6.07, 6.45) is -4.28. The molecule has 0 bridgehead atoms. The van der Waals surface area contributed by atoms with E-state index in [1.54, 1.807) is 0 Å². The van der Waals surface area contributed by atoms with Crippen molar-refractivity contribution in [1.82, 2.24) is 5.32 Å². The molecule has 0 aromatic heterocycles. The van der Waals surface area contributed by atoms with E-state index in [0.29, 0.717) is 5.57 Å². The molecule has 0 amide bonds. The predicted octanol–water partition coefficient (Wildman–Crippen LogP) is 2.06. The van der Waals surface area contributed by atoms with Crippen LogP contribution >= 0.6 is 0 Å². The summed E-state index contributed by atoms with van der Waals surface area (Å²) in [7, 11) is 0.